The molecule has 1 spiro atoms. The highest BCUT2D eigenvalue weighted by Crippen LogP contribution is 2.44. The van der Waals surface area contributed by atoms with Crippen molar-refractivity contribution in [3.63, 3.8) is 0 Å². The molecule has 1 aromatic rings. The standard InChI is InChI=1S/C22H32N2O3/c1-15(2)20-11-16(18-5-3-4-6-19(18)20)13-23-21(25)24-17-7-9-27-22(12-17)8-10-26-14-22/h3-6,15-17,20H,7-14H2,1-2H3,(H2,23,24,25)/t16-,17?,20-,22?/m0/s1. The molecule has 2 amide bonds. The Bertz CT molecular complexity index is 669. The first-order valence-electron chi connectivity index (χ1n) is 10.4. The summed E-state index contributed by atoms with van der Waals surface area (Å²) in [6.07, 6.45) is 3.77. The Labute approximate surface area is 162 Å². The fraction of sp³-hybridized carbons (Fsp3) is 0.682. The molecule has 1 aliphatic carbocycles. The topological polar surface area (TPSA) is 59.6 Å². The van der Waals surface area contributed by atoms with Gasteiger partial charge in [-0.25, -0.2) is 4.79 Å². The lowest BCUT2D eigenvalue weighted by Crippen LogP contribution is -2.51. The predicted octanol–water partition coefficient (Wildman–Crippen LogP) is 3.55. The Hall–Kier alpha value is -1.59. The molecule has 5 nitrogen and oxygen atoms in total. The van der Waals surface area contributed by atoms with Gasteiger partial charge in [0.05, 0.1) is 12.2 Å². The second-order valence-electron chi connectivity index (χ2n) is 8.79. The molecule has 0 bridgehead atoms. The Morgan fingerprint density at radius 2 is 2.07 bits per heavy atom. The average molecular weight is 373 g/mol. The molecule has 2 N–H and O–H groups in total. The van der Waals surface area contributed by atoms with Gasteiger partial charge < -0.3 is 20.1 Å². The van der Waals surface area contributed by atoms with E-state index < -0.39 is 0 Å². The van der Waals surface area contributed by atoms with Gasteiger partial charge in [-0.1, -0.05) is 38.1 Å². The maximum atomic E-state index is 12.5. The van der Waals surface area contributed by atoms with Crippen LogP contribution in [-0.2, 0) is 9.47 Å². The molecule has 4 atom stereocenters. The second-order valence-corrected chi connectivity index (χ2v) is 8.79. The Kier molecular flexibility index (Phi) is 5.42. The van der Waals surface area contributed by atoms with Crippen molar-refractivity contribution >= 4 is 6.03 Å². The first-order valence-corrected chi connectivity index (χ1v) is 10.4. The zero-order chi connectivity index (χ0) is 18.9. The largest absolute Gasteiger partial charge is 0.378 e. The second kappa shape index (κ2) is 7.80. The molecule has 2 saturated heterocycles. The van der Waals surface area contributed by atoms with Gasteiger partial charge in [-0.15, -0.1) is 0 Å². The SMILES string of the molecule is CC(C)[C@@H]1C[C@@H](CNC(=O)NC2CCOC3(CCOC3)C2)c2ccccc21. The summed E-state index contributed by atoms with van der Waals surface area (Å²) in [5, 5.41) is 6.30. The first-order chi connectivity index (χ1) is 13.1. The van der Waals surface area contributed by atoms with Gasteiger partial charge in [0.1, 0.15) is 0 Å². The van der Waals surface area contributed by atoms with E-state index in [2.05, 4.69) is 48.7 Å². The summed E-state index contributed by atoms with van der Waals surface area (Å²) in [4.78, 5) is 12.5. The number of fused-ring (bicyclic) bond motifs is 1. The number of rotatable bonds is 4. The van der Waals surface area contributed by atoms with Crippen LogP contribution < -0.4 is 10.6 Å². The van der Waals surface area contributed by atoms with E-state index in [-0.39, 0.29) is 17.7 Å². The lowest BCUT2D eigenvalue weighted by atomic mass is 9.89. The lowest BCUT2D eigenvalue weighted by molar-refractivity contribution is -0.0878. The van der Waals surface area contributed by atoms with Gasteiger partial charge in [0, 0.05) is 38.1 Å². The number of amides is 2. The van der Waals surface area contributed by atoms with Crippen LogP contribution in [-0.4, -0.2) is 44.0 Å². The van der Waals surface area contributed by atoms with Crippen molar-refractivity contribution in [3.05, 3.63) is 35.4 Å². The van der Waals surface area contributed by atoms with Crippen LogP contribution in [0.15, 0.2) is 24.3 Å². The summed E-state index contributed by atoms with van der Waals surface area (Å²) in [5.41, 5.74) is 2.70. The summed E-state index contributed by atoms with van der Waals surface area (Å²) in [6, 6.07) is 8.83. The first kappa shape index (κ1) is 18.8. The Morgan fingerprint density at radius 3 is 2.81 bits per heavy atom. The van der Waals surface area contributed by atoms with Crippen molar-refractivity contribution in [1.82, 2.24) is 10.6 Å². The number of urea groups is 1. The Morgan fingerprint density at radius 1 is 1.26 bits per heavy atom. The van der Waals surface area contributed by atoms with E-state index in [1.807, 2.05) is 0 Å². The molecule has 3 aliphatic rings. The average Bonchev–Trinajstić information content (AvgIpc) is 3.25. The van der Waals surface area contributed by atoms with E-state index in [4.69, 9.17) is 9.47 Å². The fourth-order valence-electron chi connectivity index (χ4n) is 5.07. The van der Waals surface area contributed by atoms with E-state index in [9.17, 15) is 4.79 Å². The third-order valence-electron chi connectivity index (χ3n) is 6.58. The normalized spacial score (nSPS) is 32.6. The highest BCUT2D eigenvalue weighted by molar-refractivity contribution is 5.74. The van der Waals surface area contributed by atoms with Crippen molar-refractivity contribution in [1.29, 1.82) is 0 Å². The van der Waals surface area contributed by atoms with Gasteiger partial charge >= 0.3 is 6.03 Å². The van der Waals surface area contributed by atoms with Gasteiger partial charge in [-0.05, 0) is 42.2 Å². The molecule has 2 unspecified atom stereocenters. The molecule has 2 aliphatic heterocycles. The van der Waals surface area contributed by atoms with Crippen LogP contribution in [0.5, 0.6) is 0 Å². The number of carbonyl (C=O) groups excluding carboxylic acids is 1. The van der Waals surface area contributed by atoms with Gasteiger partial charge in [0.25, 0.3) is 0 Å². The zero-order valence-electron chi connectivity index (χ0n) is 16.5. The number of benzene rings is 1. The van der Waals surface area contributed by atoms with Crippen molar-refractivity contribution < 1.29 is 14.3 Å². The van der Waals surface area contributed by atoms with E-state index in [1.54, 1.807) is 0 Å². The van der Waals surface area contributed by atoms with E-state index in [1.165, 1.54) is 11.1 Å². The van der Waals surface area contributed by atoms with Gasteiger partial charge in [-0.3, -0.25) is 0 Å². The van der Waals surface area contributed by atoms with Crippen molar-refractivity contribution in [2.75, 3.05) is 26.4 Å². The fourth-order valence-corrected chi connectivity index (χ4v) is 5.07. The summed E-state index contributed by atoms with van der Waals surface area (Å²) >= 11 is 0. The lowest BCUT2D eigenvalue weighted by Gasteiger charge is -2.37. The van der Waals surface area contributed by atoms with Crippen LogP contribution in [0.25, 0.3) is 0 Å². The van der Waals surface area contributed by atoms with Crippen molar-refractivity contribution in [2.45, 2.75) is 63.0 Å². The molecule has 0 saturated carbocycles. The minimum Gasteiger partial charge on any atom is -0.378 e. The molecule has 0 aromatic heterocycles. The minimum atomic E-state index is -0.176. The zero-order valence-corrected chi connectivity index (χ0v) is 16.5. The highest BCUT2D eigenvalue weighted by Gasteiger charge is 2.41. The Balaban J connectivity index is 1.31. The van der Waals surface area contributed by atoms with Gasteiger partial charge in [0.2, 0.25) is 0 Å². The molecular weight excluding hydrogens is 340 g/mol. The number of carbonyl (C=O) groups is 1. The molecule has 2 fully saturated rings. The third-order valence-corrected chi connectivity index (χ3v) is 6.58. The quantitative estimate of drug-likeness (QED) is 0.850. The third kappa shape index (κ3) is 3.99. The van der Waals surface area contributed by atoms with E-state index in [0.717, 1.165) is 32.3 Å². The van der Waals surface area contributed by atoms with Crippen LogP contribution in [0.1, 0.15) is 62.5 Å². The molecule has 0 radical (unpaired) electrons. The molecule has 1 aromatic carbocycles. The monoisotopic (exact) mass is 372 g/mol. The number of hydrogen-bond acceptors (Lipinski definition) is 3. The molecular formula is C22H32N2O3. The van der Waals surface area contributed by atoms with Crippen LogP contribution in [0.3, 0.4) is 0 Å². The van der Waals surface area contributed by atoms with Crippen LogP contribution in [0.4, 0.5) is 4.79 Å². The van der Waals surface area contributed by atoms with E-state index >= 15 is 0 Å². The van der Waals surface area contributed by atoms with Crippen molar-refractivity contribution in [2.24, 2.45) is 5.92 Å². The van der Waals surface area contributed by atoms with Gasteiger partial charge in [-0.2, -0.15) is 0 Å². The summed E-state index contributed by atoms with van der Waals surface area (Å²) in [5.74, 6) is 1.62. The molecule has 27 heavy (non-hydrogen) atoms. The molecule has 148 valence electrons. The maximum absolute atomic E-state index is 12.5. The minimum absolute atomic E-state index is 0.0542. The van der Waals surface area contributed by atoms with Crippen LogP contribution >= 0.6 is 0 Å². The smallest absolute Gasteiger partial charge is 0.315 e. The summed E-state index contributed by atoms with van der Waals surface area (Å²) in [7, 11) is 0. The maximum Gasteiger partial charge on any atom is 0.315 e. The number of hydrogen-bond donors (Lipinski definition) is 2. The number of nitrogens with one attached hydrogen (secondary N) is 2. The highest BCUT2D eigenvalue weighted by atomic mass is 16.6. The van der Waals surface area contributed by atoms with Gasteiger partial charge in [0.15, 0.2) is 0 Å². The van der Waals surface area contributed by atoms with E-state index in [0.29, 0.717) is 37.5 Å². The number of ether oxygens (including phenoxy) is 2. The summed E-state index contributed by atoms with van der Waals surface area (Å²) in [6.45, 7) is 7.39. The van der Waals surface area contributed by atoms with Crippen molar-refractivity contribution in [3.8, 4) is 0 Å². The molecule has 4 rings (SSSR count). The molecule has 5 heteroatoms. The summed E-state index contributed by atoms with van der Waals surface area (Å²) < 4.78 is 11.5. The molecule has 2 heterocycles. The van der Waals surface area contributed by atoms with Crippen LogP contribution in [0.2, 0.25) is 0 Å². The van der Waals surface area contributed by atoms with Crippen LogP contribution in [0, 0.1) is 5.92 Å². The predicted molar refractivity (Wildman–Crippen MR) is 105 cm³/mol.